The minimum atomic E-state index is 1.01. The first-order chi connectivity index (χ1) is 7.36. The molecule has 78 valence electrons. The lowest BCUT2D eigenvalue weighted by atomic mass is 10.0. The molecule has 0 amide bonds. The van der Waals surface area contributed by atoms with Crippen molar-refractivity contribution in [2.24, 2.45) is 0 Å². The van der Waals surface area contributed by atoms with Gasteiger partial charge in [-0.25, -0.2) is 0 Å². The number of hydrogen-bond acceptors (Lipinski definition) is 1. The fraction of sp³-hybridized carbons (Fsp3) is 0.357. The molecular weight excluding hydrogens is 182 g/mol. The Kier molecular flexibility index (Phi) is 3.00. The molecular formula is C14H17N. The van der Waals surface area contributed by atoms with Gasteiger partial charge in [0.15, 0.2) is 0 Å². The van der Waals surface area contributed by atoms with E-state index in [9.17, 15) is 0 Å². The minimum absolute atomic E-state index is 1.01. The number of rotatable bonds is 3. The average Bonchev–Trinajstić information content (AvgIpc) is 2.30. The number of aromatic nitrogens is 1. The van der Waals surface area contributed by atoms with Crippen LogP contribution in [-0.2, 0) is 12.8 Å². The Balaban J connectivity index is 2.66. The molecule has 0 aliphatic rings. The van der Waals surface area contributed by atoms with Crippen LogP contribution in [0.2, 0.25) is 0 Å². The van der Waals surface area contributed by atoms with Gasteiger partial charge in [-0.3, -0.25) is 4.98 Å². The molecule has 0 aliphatic heterocycles. The monoisotopic (exact) mass is 199 g/mol. The van der Waals surface area contributed by atoms with Crippen LogP contribution in [0.1, 0.15) is 31.5 Å². The lowest BCUT2D eigenvalue weighted by molar-refractivity contribution is 0.916. The van der Waals surface area contributed by atoms with Crippen molar-refractivity contribution in [3.63, 3.8) is 0 Å². The van der Waals surface area contributed by atoms with Gasteiger partial charge in [0.2, 0.25) is 0 Å². The molecule has 1 aromatic carbocycles. The summed E-state index contributed by atoms with van der Waals surface area (Å²) >= 11 is 0. The van der Waals surface area contributed by atoms with Crippen LogP contribution in [0.4, 0.5) is 0 Å². The first-order valence-corrected chi connectivity index (χ1v) is 5.72. The van der Waals surface area contributed by atoms with Gasteiger partial charge in [-0.2, -0.15) is 0 Å². The van der Waals surface area contributed by atoms with Crippen molar-refractivity contribution in [2.45, 2.75) is 33.1 Å². The van der Waals surface area contributed by atoms with Gasteiger partial charge >= 0.3 is 0 Å². The Bertz CT molecular complexity index is 460. The standard InChI is InChI=1S/C14H17N/c1-3-7-11-10-15-14(4-2)13-9-6-5-8-12(11)13/h5-6,8-10H,3-4,7H2,1-2H3. The highest BCUT2D eigenvalue weighted by molar-refractivity contribution is 5.87. The molecule has 0 saturated carbocycles. The first kappa shape index (κ1) is 10.2. The summed E-state index contributed by atoms with van der Waals surface area (Å²) in [6, 6.07) is 8.60. The van der Waals surface area contributed by atoms with Crippen molar-refractivity contribution < 1.29 is 0 Å². The van der Waals surface area contributed by atoms with E-state index in [-0.39, 0.29) is 0 Å². The van der Waals surface area contributed by atoms with E-state index in [1.54, 1.807) is 0 Å². The molecule has 2 rings (SSSR count). The van der Waals surface area contributed by atoms with Gasteiger partial charge in [-0.05, 0) is 23.8 Å². The number of aryl methyl sites for hydroxylation is 2. The third kappa shape index (κ3) is 1.87. The minimum Gasteiger partial charge on any atom is -0.260 e. The van der Waals surface area contributed by atoms with Crippen molar-refractivity contribution in [1.82, 2.24) is 4.98 Å². The Hall–Kier alpha value is -1.37. The second kappa shape index (κ2) is 4.43. The molecule has 0 saturated heterocycles. The summed E-state index contributed by atoms with van der Waals surface area (Å²) in [4.78, 5) is 4.54. The highest BCUT2D eigenvalue weighted by atomic mass is 14.7. The van der Waals surface area contributed by atoms with Gasteiger partial charge in [0, 0.05) is 17.3 Å². The fourth-order valence-electron chi connectivity index (χ4n) is 2.06. The molecule has 1 nitrogen and oxygen atoms in total. The quantitative estimate of drug-likeness (QED) is 0.733. The lowest BCUT2D eigenvalue weighted by Crippen LogP contribution is -1.94. The van der Waals surface area contributed by atoms with Crippen LogP contribution >= 0.6 is 0 Å². The van der Waals surface area contributed by atoms with E-state index < -0.39 is 0 Å². The van der Waals surface area contributed by atoms with E-state index in [2.05, 4.69) is 43.1 Å². The van der Waals surface area contributed by atoms with Crippen LogP contribution in [0.3, 0.4) is 0 Å². The van der Waals surface area contributed by atoms with Crippen LogP contribution in [0, 0.1) is 0 Å². The maximum atomic E-state index is 4.54. The van der Waals surface area contributed by atoms with E-state index in [1.165, 1.54) is 28.5 Å². The maximum absolute atomic E-state index is 4.54. The third-order valence-electron chi connectivity index (χ3n) is 2.81. The summed E-state index contributed by atoms with van der Waals surface area (Å²) in [5, 5.41) is 2.71. The van der Waals surface area contributed by atoms with Crippen LogP contribution in [0.5, 0.6) is 0 Å². The number of nitrogens with zero attached hydrogens (tertiary/aromatic N) is 1. The molecule has 0 unspecified atom stereocenters. The van der Waals surface area contributed by atoms with Gasteiger partial charge in [-0.15, -0.1) is 0 Å². The van der Waals surface area contributed by atoms with Gasteiger partial charge < -0.3 is 0 Å². The maximum Gasteiger partial charge on any atom is 0.0479 e. The van der Waals surface area contributed by atoms with Gasteiger partial charge in [0.1, 0.15) is 0 Å². The molecule has 2 aromatic rings. The molecule has 1 heteroatoms. The second-order valence-corrected chi connectivity index (χ2v) is 3.88. The zero-order valence-electron chi connectivity index (χ0n) is 9.46. The number of benzene rings is 1. The van der Waals surface area contributed by atoms with Crippen LogP contribution in [0.25, 0.3) is 10.8 Å². The second-order valence-electron chi connectivity index (χ2n) is 3.88. The van der Waals surface area contributed by atoms with Gasteiger partial charge in [-0.1, -0.05) is 44.5 Å². The van der Waals surface area contributed by atoms with E-state index >= 15 is 0 Å². The molecule has 15 heavy (non-hydrogen) atoms. The Morgan fingerprint density at radius 3 is 2.47 bits per heavy atom. The van der Waals surface area contributed by atoms with Crippen LogP contribution in [-0.4, -0.2) is 4.98 Å². The van der Waals surface area contributed by atoms with Crippen molar-refractivity contribution in [2.75, 3.05) is 0 Å². The molecule has 1 heterocycles. The molecule has 0 N–H and O–H groups in total. The van der Waals surface area contributed by atoms with Crippen molar-refractivity contribution in [1.29, 1.82) is 0 Å². The van der Waals surface area contributed by atoms with Crippen LogP contribution < -0.4 is 0 Å². The molecule has 0 spiro atoms. The predicted molar refractivity (Wildman–Crippen MR) is 65.1 cm³/mol. The van der Waals surface area contributed by atoms with Gasteiger partial charge in [0.25, 0.3) is 0 Å². The normalized spacial score (nSPS) is 10.8. The van der Waals surface area contributed by atoms with Gasteiger partial charge in [0.05, 0.1) is 0 Å². The number of pyridine rings is 1. The summed E-state index contributed by atoms with van der Waals surface area (Å²) in [6.45, 7) is 4.37. The predicted octanol–water partition coefficient (Wildman–Crippen LogP) is 3.75. The molecule has 0 radical (unpaired) electrons. The van der Waals surface area contributed by atoms with Crippen molar-refractivity contribution in [3.05, 3.63) is 41.7 Å². The van der Waals surface area contributed by atoms with Crippen molar-refractivity contribution >= 4 is 10.8 Å². The summed E-state index contributed by atoms with van der Waals surface area (Å²) < 4.78 is 0. The smallest absolute Gasteiger partial charge is 0.0479 e. The summed E-state index contributed by atoms with van der Waals surface area (Å²) in [6.07, 6.45) is 5.35. The SMILES string of the molecule is CCCc1cnc(CC)c2ccccc12. The van der Waals surface area contributed by atoms with E-state index in [1.807, 2.05) is 6.20 Å². The van der Waals surface area contributed by atoms with Crippen molar-refractivity contribution in [3.8, 4) is 0 Å². The van der Waals surface area contributed by atoms with Crippen LogP contribution in [0.15, 0.2) is 30.5 Å². The zero-order valence-corrected chi connectivity index (χ0v) is 9.46. The average molecular weight is 199 g/mol. The summed E-state index contributed by atoms with van der Waals surface area (Å²) in [5.74, 6) is 0. The van der Waals surface area contributed by atoms with E-state index in [0.717, 1.165) is 12.8 Å². The first-order valence-electron chi connectivity index (χ1n) is 5.72. The molecule has 0 atom stereocenters. The summed E-state index contributed by atoms with van der Waals surface area (Å²) in [5.41, 5.74) is 2.59. The molecule has 0 fully saturated rings. The molecule has 0 aliphatic carbocycles. The van der Waals surface area contributed by atoms with E-state index in [0.29, 0.717) is 0 Å². The molecule has 0 bridgehead atoms. The summed E-state index contributed by atoms with van der Waals surface area (Å²) in [7, 11) is 0. The number of fused-ring (bicyclic) bond motifs is 1. The Morgan fingerprint density at radius 2 is 1.80 bits per heavy atom. The Morgan fingerprint density at radius 1 is 1.07 bits per heavy atom. The lowest BCUT2D eigenvalue weighted by Gasteiger charge is -2.08. The zero-order chi connectivity index (χ0) is 10.7. The Labute approximate surface area is 91.2 Å². The highest BCUT2D eigenvalue weighted by Crippen LogP contribution is 2.22. The van der Waals surface area contributed by atoms with E-state index in [4.69, 9.17) is 0 Å². The fourth-order valence-corrected chi connectivity index (χ4v) is 2.06. The number of hydrogen-bond donors (Lipinski definition) is 0. The third-order valence-corrected chi connectivity index (χ3v) is 2.81. The largest absolute Gasteiger partial charge is 0.260 e. The topological polar surface area (TPSA) is 12.9 Å². The highest BCUT2D eigenvalue weighted by Gasteiger charge is 2.04. The molecule has 1 aromatic heterocycles.